The summed E-state index contributed by atoms with van der Waals surface area (Å²) in [5, 5.41) is 10.2. The van der Waals surface area contributed by atoms with E-state index in [-0.39, 0.29) is 11.9 Å². The summed E-state index contributed by atoms with van der Waals surface area (Å²) in [4.78, 5) is 19.7. The van der Waals surface area contributed by atoms with Gasteiger partial charge in [-0.05, 0) is 6.07 Å². The van der Waals surface area contributed by atoms with E-state index in [0.29, 0.717) is 18.8 Å². The third-order valence-electron chi connectivity index (χ3n) is 4.68. The first-order valence-corrected chi connectivity index (χ1v) is 9.64. The number of methoxy groups -OCH3 is 1. The molecular formula is C19H21N5O2S. The van der Waals surface area contributed by atoms with Gasteiger partial charge in [0.05, 0.1) is 19.3 Å². The van der Waals surface area contributed by atoms with Crippen molar-refractivity contribution in [2.45, 2.75) is 6.04 Å². The highest BCUT2D eigenvalue weighted by atomic mass is 32.1. The summed E-state index contributed by atoms with van der Waals surface area (Å²) in [6, 6.07) is 7.75. The zero-order chi connectivity index (χ0) is 18.8. The van der Waals surface area contributed by atoms with E-state index in [9.17, 15) is 4.79 Å². The summed E-state index contributed by atoms with van der Waals surface area (Å²) in [5.41, 5.74) is 2.40. The van der Waals surface area contributed by atoms with Gasteiger partial charge < -0.3 is 15.0 Å². The van der Waals surface area contributed by atoms with Crippen LogP contribution < -0.4 is 10.1 Å². The Labute approximate surface area is 161 Å². The second kappa shape index (κ2) is 7.50. The molecule has 1 aliphatic heterocycles. The minimum absolute atomic E-state index is 0.0567. The Balaban J connectivity index is 1.62. The molecule has 0 saturated carbocycles. The number of carbonyl (C=O) groups excluding carboxylic acids is 1. The van der Waals surface area contributed by atoms with Gasteiger partial charge in [0, 0.05) is 49.4 Å². The molecule has 4 rings (SSSR count). The first-order chi connectivity index (χ1) is 13.2. The highest BCUT2D eigenvalue weighted by Crippen LogP contribution is 2.32. The summed E-state index contributed by atoms with van der Waals surface area (Å²) in [7, 11) is 3.52. The highest BCUT2D eigenvalue weighted by molar-refractivity contribution is 7.13. The summed E-state index contributed by atoms with van der Waals surface area (Å²) in [6.07, 6.45) is 3.66. The Morgan fingerprint density at radius 1 is 1.37 bits per heavy atom. The number of carbonyl (C=O) groups is 1. The first-order valence-electron chi connectivity index (χ1n) is 8.76. The molecule has 7 nitrogen and oxygen atoms in total. The molecule has 1 aromatic carbocycles. The van der Waals surface area contributed by atoms with E-state index in [0.717, 1.165) is 28.4 Å². The van der Waals surface area contributed by atoms with Crippen molar-refractivity contribution in [2.75, 3.05) is 26.7 Å². The van der Waals surface area contributed by atoms with Crippen molar-refractivity contribution < 1.29 is 9.53 Å². The molecule has 0 spiro atoms. The minimum Gasteiger partial charge on any atom is -0.496 e. The smallest absolute Gasteiger partial charge is 0.273 e. The average Bonchev–Trinajstić information content (AvgIpc) is 3.36. The predicted octanol–water partition coefficient (Wildman–Crippen LogP) is 2.34. The van der Waals surface area contributed by atoms with Crippen molar-refractivity contribution in [3.8, 4) is 16.3 Å². The van der Waals surface area contributed by atoms with Crippen LogP contribution in [0.3, 0.4) is 0 Å². The number of rotatable bonds is 4. The van der Waals surface area contributed by atoms with Crippen LogP contribution in [0.1, 0.15) is 22.1 Å². The molecule has 3 heterocycles. The lowest BCUT2D eigenvalue weighted by molar-refractivity contribution is 0.0626. The minimum atomic E-state index is -0.0917. The summed E-state index contributed by atoms with van der Waals surface area (Å²) < 4.78 is 7.24. The van der Waals surface area contributed by atoms with Gasteiger partial charge in [0.15, 0.2) is 0 Å². The van der Waals surface area contributed by atoms with Crippen molar-refractivity contribution in [1.82, 2.24) is 25.0 Å². The number of hydrogen-bond donors (Lipinski definition) is 1. The third kappa shape index (κ3) is 3.45. The molecule has 0 bridgehead atoms. The number of aryl methyl sites for hydroxylation is 1. The number of para-hydroxylation sites is 1. The van der Waals surface area contributed by atoms with Crippen LogP contribution in [0.25, 0.3) is 10.6 Å². The molecule has 27 heavy (non-hydrogen) atoms. The number of nitrogens with zero attached hydrogens (tertiary/aromatic N) is 4. The number of piperazine rings is 1. The normalized spacial score (nSPS) is 17.1. The van der Waals surface area contributed by atoms with Crippen molar-refractivity contribution >= 4 is 17.2 Å². The molecule has 2 aromatic heterocycles. The summed E-state index contributed by atoms with van der Waals surface area (Å²) in [6.45, 7) is 2.07. The summed E-state index contributed by atoms with van der Waals surface area (Å²) >= 11 is 1.46. The fraction of sp³-hybridized carbons (Fsp3) is 0.316. The molecule has 1 amide bonds. The quantitative estimate of drug-likeness (QED) is 0.749. The lowest BCUT2D eigenvalue weighted by atomic mass is 10.0. The van der Waals surface area contributed by atoms with E-state index in [1.807, 2.05) is 47.8 Å². The molecule has 8 heteroatoms. The maximum Gasteiger partial charge on any atom is 0.273 e. The van der Waals surface area contributed by atoms with Crippen LogP contribution in [0.4, 0.5) is 0 Å². The van der Waals surface area contributed by atoms with Crippen molar-refractivity contribution in [1.29, 1.82) is 0 Å². The number of nitrogens with one attached hydrogen (secondary N) is 1. The second-order valence-corrected chi connectivity index (χ2v) is 7.26. The maximum absolute atomic E-state index is 13.2. The van der Waals surface area contributed by atoms with Crippen LogP contribution in [-0.2, 0) is 7.05 Å². The average molecular weight is 383 g/mol. The fourth-order valence-corrected chi connectivity index (χ4v) is 4.12. The van der Waals surface area contributed by atoms with Crippen molar-refractivity contribution in [2.24, 2.45) is 7.05 Å². The van der Waals surface area contributed by atoms with Gasteiger partial charge in [0.2, 0.25) is 0 Å². The van der Waals surface area contributed by atoms with Crippen LogP contribution in [0.2, 0.25) is 0 Å². The Hall–Kier alpha value is -2.71. The molecule has 1 unspecified atom stereocenters. The van der Waals surface area contributed by atoms with Crippen molar-refractivity contribution in [3.05, 3.63) is 53.3 Å². The lowest BCUT2D eigenvalue weighted by Gasteiger charge is -2.36. The number of benzene rings is 1. The zero-order valence-electron chi connectivity index (χ0n) is 15.3. The largest absolute Gasteiger partial charge is 0.496 e. The van der Waals surface area contributed by atoms with Crippen LogP contribution in [0.15, 0.2) is 42.0 Å². The molecule has 0 radical (unpaired) electrons. The number of aromatic nitrogens is 3. The molecule has 1 fully saturated rings. The lowest BCUT2D eigenvalue weighted by Crippen LogP contribution is -2.48. The summed E-state index contributed by atoms with van der Waals surface area (Å²) in [5.74, 6) is 0.733. The highest BCUT2D eigenvalue weighted by Gasteiger charge is 2.31. The van der Waals surface area contributed by atoms with E-state index < -0.39 is 0 Å². The van der Waals surface area contributed by atoms with Crippen molar-refractivity contribution in [3.63, 3.8) is 0 Å². The molecule has 3 aromatic rings. The van der Waals surface area contributed by atoms with Gasteiger partial charge in [-0.2, -0.15) is 5.10 Å². The predicted molar refractivity (Wildman–Crippen MR) is 104 cm³/mol. The van der Waals surface area contributed by atoms with Crippen LogP contribution in [0.5, 0.6) is 5.75 Å². The van der Waals surface area contributed by atoms with Gasteiger partial charge in [0.1, 0.15) is 16.5 Å². The van der Waals surface area contributed by atoms with Crippen LogP contribution >= 0.6 is 11.3 Å². The third-order valence-corrected chi connectivity index (χ3v) is 5.57. The number of ether oxygens (including phenoxy) is 1. The van der Waals surface area contributed by atoms with Crippen LogP contribution in [-0.4, -0.2) is 52.3 Å². The fourth-order valence-electron chi connectivity index (χ4n) is 3.35. The molecule has 1 saturated heterocycles. The van der Waals surface area contributed by atoms with Gasteiger partial charge in [-0.1, -0.05) is 18.2 Å². The Bertz CT molecular complexity index is 951. The Morgan fingerprint density at radius 3 is 3.00 bits per heavy atom. The van der Waals surface area contributed by atoms with E-state index in [1.165, 1.54) is 11.3 Å². The first kappa shape index (κ1) is 17.7. The van der Waals surface area contributed by atoms with E-state index in [1.54, 1.807) is 18.0 Å². The molecule has 1 atom stereocenters. The molecule has 140 valence electrons. The SMILES string of the molecule is COc1ccccc1C1CNCCN1C(=O)c1csc(-c2cnn(C)c2)n1. The number of thiazole rings is 1. The molecular weight excluding hydrogens is 362 g/mol. The maximum atomic E-state index is 13.2. The number of amides is 1. The van der Waals surface area contributed by atoms with Gasteiger partial charge in [-0.3, -0.25) is 9.48 Å². The van der Waals surface area contributed by atoms with Gasteiger partial charge in [-0.25, -0.2) is 4.98 Å². The Morgan fingerprint density at radius 2 is 2.22 bits per heavy atom. The van der Waals surface area contributed by atoms with E-state index in [2.05, 4.69) is 15.4 Å². The van der Waals surface area contributed by atoms with Crippen LogP contribution in [0, 0.1) is 0 Å². The van der Waals surface area contributed by atoms with E-state index >= 15 is 0 Å². The number of hydrogen-bond acceptors (Lipinski definition) is 6. The Kier molecular flexibility index (Phi) is 4.91. The van der Waals surface area contributed by atoms with Gasteiger partial charge in [0.25, 0.3) is 5.91 Å². The van der Waals surface area contributed by atoms with Gasteiger partial charge in [-0.15, -0.1) is 11.3 Å². The molecule has 1 aliphatic rings. The monoisotopic (exact) mass is 383 g/mol. The zero-order valence-corrected chi connectivity index (χ0v) is 16.1. The van der Waals surface area contributed by atoms with E-state index in [4.69, 9.17) is 4.74 Å². The second-order valence-electron chi connectivity index (χ2n) is 6.40. The van der Waals surface area contributed by atoms with Gasteiger partial charge >= 0.3 is 0 Å². The topological polar surface area (TPSA) is 72.3 Å². The molecule has 0 aliphatic carbocycles. The molecule has 1 N–H and O–H groups in total. The standard InChI is InChI=1S/C19H21N5O2S/c1-23-11-13(9-21-23)18-22-15(12-27-18)19(25)24-8-7-20-10-16(24)14-5-3-4-6-17(14)26-2/h3-6,9,11-12,16,20H,7-8,10H2,1-2H3.